The van der Waals surface area contributed by atoms with Crippen molar-refractivity contribution in [2.24, 2.45) is 18.4 Å². The highest BCUT2D eigenvalue weighted by Crippen LogP contribution is 2.43. The number of nitrogen functional groups attached to an aromatic ring is 1. The minimum absolute atomic E-state index is 0.196. The number of nitrogens with zero attached hydrogens (tertiary/aromatic N) is 1. The quantitative estimate of drug-likeness (QED) is 0.770. The van der Waals surface area contributed by atoms with Crippen LogP contribution in [0, 0.1) is 11.3 Å². The van der Waals surface area contributed by atoms with Gasteiger partial charge >= 0.3 is 5.69 Å². The Hall–Kier alpha value is -1.72. The van der Waals surface area contributed by atoms with Gasteiger partial charge in [-0.1, -0.05) is 26.7 Å². The molecule has 0 aromatic carbocycles. The SMILES string of the molecule is CC(C)CC1(CNc2c(N)n(C)c(=O)[nH]c2=O)CCCC1. The molecule has 6 nitrogen and oxygen atoms in total. The molecular weight excluding hydrogens is 268 g/mol. The third-order valence-electron chi connectivity index (χ3n) is 4.52. The van der Waals surface area contributed by atoms with E-state index in [1.54, 1.807) is 7.05 Å². The topological polar surface area (TPSA) is 92.9 Å². The molecule has 118 valence electrons. The molecule has 1 fully saturated rings. The Kier molecular flexibility index (Phi) is 4.44. The van der Waals surface area contributed by atoms with Crippen molar-refractivity contribution in [1.82, 2.24) is 9.55 Å². The van der Waals surface area contributed by atoms with E-state index in [4.69, 9.17) is 5.73 Å². The van der Waals surface area contributed by atoms with Crippen LogP contribution in [0.3, 0.4) is 0 Å². The Morgan fingerprint density at radius 3 is 2.52 bits per heavy atom. The molecule has 1 aliphatic rings. The summed E-state index contributed by atoms with van der Waals surface area (Å²) >= 11 is 0. The maximum absolute atomic E-state index is 11.9. The summed E-state index contributed by atoms with van der Waals surface area (Å²) in [5, 5.41) is 3.21. The molecule has 0 saturated heterocycles. The Morgan fingerprint density at radius 1 is 1.33 bits per heavy atom. The van der Waals surface area contributed by atoms with Gasteiger partial charge in [-0.3, -0.25) is 14.3 Å². The molecule has 6 heteroatoms. The van der Waals surface area contributed by atoms with Crippen LogP contribution in [-0.2, 0) is 7.05 Å². The lowest BCUT2D eigenvalue weighted by molar-refractivity contribution is 0.252. The molecule has 0 bridgehead atoms. The van der Waals surface area contributed by atoms with Gasteiger partial charge in [-0.25, -0.2) is 4.79 Å². The number of rotatable bonds is 5. The molecular formula is C15H26N4O2. The molecule has 0 radical (unpaired) electrons. The number of H-pyrrole nitrogens is 1. The first-order valence-electron chi connectivity index (χ1n) is 7.67. The van der Waals surface area contributed by atoms with Crippen molar-refractivity contribution in [2.75, 3.05) is 17.6 Å². The van der Waals surface area contributed by atoms with Crippen molar-refractivity contribution in [3.8, 4) is 0 Å². The summed E-state index contributed by atoms with van der Waals surface area (Å²) in [5.74, 6) is 0.821. The highest BCUT2D eigenvalue weighted by Gasteiger charge is 2.34. The molecule has 2 rings (SSSR count). The summed E-state index contributed by atoms with van der Waals surface area (Å²) in [6, 6.07) is 0. The number of anilines is 2. The van der Waals surface area contributed by atoms with E-state index in [0.717, 1.165) is 13.0 Å². The molecule has 0 aliphatic heterocycles. The molecule has 1 aromatic rings. The summed E-state index contributed by atoms with van der Waals surface area (Å²) in [6.07, 6.45) is 5.99. The predicted octanol–water partition coefficient (Wildman–Crippen LogP) is 1.67. The van der Waals surface area contributed by atoms with Gasteiger partial charge in [0.2, 0.25) is 0 Å². The van der Waals surface area contributed by atoms with Crippen LogP contribution in [0.1, 0.15) is 46.0 Å². The van der Waals surface area contributed by atoms with Gasteiger partial charge in [0, 0.05) is 13.6 Å². The van der Waals surface area contributed by atoms with Crippen molar-refractivity contribution in [2.45, 2.75) is 46.0 Å². The minimum Gasteiger partial charge on any atom is -0.383 e. The standard InChI is InChI=1S/C15H26N4O2/c1-10(2)8-15(6-4-5-7-15)9-17-11-12(16)19(3)14(21)18-13(11)20/h10,17H,4-9,16H2,1-3H3,(H,18,20,21). The van der Waals surface area contributed by atoms with E-state index in [-0.39, 0.29) is 11.2 Å². The van der Waals surface area contributed by atoms with Gasteiger partial charge in [0.25, 0.3) is 5.56 Å². The summed E-state index contributed by atoms with van der Waals surface area (Å²) < 4.78 is 1.26. The molecule has 0 amide bonds. The zero-order valence-electron chi connectivity index (χ0n) is 13.2. The molecule has 21 heavy (non-hydrogen) atoms. The van der Waals surface area contributed by atoms with E-state index >= 15 is 0 Å². The fourth-order valence-corrected chi connectivity index (χ4v) is 3.53. The lowest BCUT2D eigenvalue weighted by Gasteiger charge is -2.31. The number of nitrogens with one attached hydrogen (secondary N) is 2. The predicted molar refractivity (Wildman–Crippen MR) is 85.6 cm³/mol. The molecule has 1 aromatic heterocycles. The third kappa shape index (κ3) is 3.31. The first-order chi connectivity index (χ1) is 9.84. The highest BCUT2D eigenvalue weighted by atomic mass is 16.2. The smallest absolute Gasteiger partial charge is 0.329 e. The largest absolute Gasteiger partial charge is 0.383 e. The van der Waals surface area contributed by atoms with Crippen molar-refractivity contribution in [3.05, 3.63) is 20.8 Å². The Bertz CT molecular complexity index is 609. The Labute approximate surface area is 124 Å². The highest BCUT2D eigenvalue weighted by molar-refractivity contribution is 5.60. The Balaban J connectivity index is 2.21. The van der Waals surface area contributed by atoms with E-state index in [2.05, 4.69) is 24.1 Å². The van der Waals surface area contributed by atoms with Crippen LogP contribution in [0.4, 0.5) is 11.5 Å². The normalized spacial score (nSPS) is 17.3. The van der Waals surface area contributed by atoms with E-state index in [9.17, 15) is 9.59 Å². The van der Waals surface area contributed by atoms with Gasteiger partial charge in [-0.2, -0.15) is 0 Å². The first-order valence-corrected chi connectivity index (χ1v) is 7.67. The van der Waals surface area contributed by atoms with Gasteiger partial charge in [0.15, 0.2) is 0 Å². The molecule has 1 heterocycles. The molecule has 1 saturated carbocycles. The second kappa shape index (κ2) is 5.95. The van der Waals surface area contributed by atoms with E-state index < -0.39 is 11.2 Å². The van der Waals surface area contributed by atoms with E-state index in [1.807, 2.05) is 0 Å². The van der Waals surface area contributed by atoms with Crippen molar-refractivity contribution < 1.29 is 0 Å². The molecule has 0 atom stereocenters. The summed E-state index contributed by atoms with van der Waals surface area (Å²) in [6.45, 7) is 5.19. The van der Waals surface area contributed by atoms with Gasteiger partial charge < -0.3 is 11.1 Å². The van der Waals surface area contributed by atoms with E-state index in [0.29, 0.717) is 11.6 Å². The minimum atomic E-state index is -0.485. The van der Waals surface area contributed by atoms with Crippen LogP contribution in [0.2, 0.25) is 0 Å². The van der Waals surface area contributed by atoms with Crippen LogP contribution in [0.15, 0.2) is 9.59 Å². The summed E-state index contributed by atoms with van der Waals surface area (Å²) in [7, 11) is 1.55. The van der Waals surface area contributed by atoms with Crippen molar-refractivity contribution in [3.63, 3.8) is 0 Å². The van der Waals surface area contributed by atoms with Crippen LogP contribution >= 0.6 is 0 Å². The van der Waals surface area contributed by atoms with E-state index in [1.165, 1.54) is 30.3 Å². The van der Waals surface area contributed by atoms with Crippen LogP contribution < -0.4 is 22.3 Å². The third-order valence-corrected chi connectivity index (χ3v) is 4.52. The van der Waals surface area contributed by atoms with Gasteiger partial charge in [-0.05, 0) is 30.6 Å². The average Bonchev–Trinajstić information content (AvgIpc) is 2.84. The van der Waals surface area contributed by atoms with Gasteiger partial charge in [0.05, 0.1) is 0 Å². The molecule has 4 N–H and O–H groups in total. The van der Waals surface area contributed by atoms with Crippen LogP contribution in [0.5, 0.6) is 0 Å². The zero-order chi connectivity index (χ0) is 15.6. The molecule has 0 spiro atoms. The molecule has 0 unspecified atom stereocenters. The average molecular weight is 294 g/mol. The number of aromatic amines is 1. The maximum atomic E-state index is 11.9. The van der Waals surface area contributed by atoms with Gasteiger partial charge in [-0.15, -0.1) is 0 Å². The number of hydrogen-bond acceptors (Lipinski definition) is 4. The number of aromatic nitrogens is 2. The maximum Gasteiger partial charge on any atom is 0.329 e. The fraction of sp³-hybridized carbons (Fsp3) is 0.733. The second-order valence-electron chi connectivity index (χ2n) is 6.74. The second-order valence-corrected chi connectivity index (χ2v) is 6.74. The number of hydrogen-bond donors (Lipinski definition) is 3. The van der Waals surface area contributed by atoms with Crippen molar-refractivity contribution >= 4 is 11.5 Å². The summed E-state index contributed by atoms with van der Waals surface area (Å²) in [4.78, 5) is 25.7. The first kappa shape index (κ1) is 15.7. The summed E-state index contributed by atoms with van der Waals surface area (Å²) in [5.41, 5.74) is 5.52. The monoisotopic (exact) mass is 294 g/mol. The van der Waals surface area contributed by atoms with Gasteiger partial charge in [0.1, 0.15) is 11.5 Å². The van der Waals surface area contributed by atoms with Crippen LogP contribution in [-0.4, -0.2) is 16.1 Å². The Morgan fingerprint density at radius 2 is 1.95 bits per heavy atom. The lowest BCUT2D eigenvalue weighted by Crippen LogP contribution is -2.35. The lowest BCUT2D eigenvalue weighted by atomic mass is 9.78. The van der Waals surface area contributed by atoms with Crippen molar-refractivity contribution in [1.29, 1.82) is 0 Å². The zero-order valence-corrected chi connectivity index (χ0v) is 13.2. The fourth-order valence-electron chi connectivity index (χ4n) is 3.53. The number of nitrogens with two attached hydrogens (primary N) is 1. The van der Waals surface area contributed by atoms with Crippen LogP contribution in [0.25, 0.3) is 0 Å². The molecule has 1 aliphatic carbocycles.